The fourth-order valence-electron chi connectivity index (χ4n) is 3.10. The number of hydrogen-bond acceptors (Lipinski definition) is 5. The van der Waals surface area contributed by atoms with Gasteiger partial charge in [-0.1, -0.05) is 24.3 Å². The molecule has 3 aromatic rings. The number of rotatable bonds is 6. The summed E-state index contributed by atoms with van der Waals surface area (Å²) in [5, 5.41) is 16.7. The van der Waals surface area contributed by atoms with Crippen LogP contribution in [0.15, 0.2) is 46.9 Å². The Bertz CT molecular complexity index is 1110. The van der Waals surface area contributed by atoms with Crippen LogP contribution in [0.2, 0.25) is 0 Å². The van der Waals surface area contributed by atoms with Crippen LogP contribution >= 0.6 is 0 Å². The third-order valence-corrected chi connectivity index (χ3v) is 4.41. The molecule has 0 radical (unpaired) electrons. The molecule has 0 spiro atoms. The molecule has 10 heteroatoms. The lowest BCUT2D eigenvalue weighted by Crippen LogP contribution is -2.14. The molecule has 3 rings (SSSR count). The summed E-state index contributed by atoms with van der Waals surface area (Å²) in [6.07, 6.45) is -5.29. The van der Waals surface area contributed by atoms with Crippen LogP contribution < -0.4 is 5.73 Å². The second-order valence-corrected chi connectivity index (χ2v) is 6.56. The predicted octanol–water partition coefficient (Wildman–Crippen LogP) is 3.77. The van der Waals surface area contributed by atoms with Crippen LogP contribution in [0.4, 0.5) is 13.2 Å². The van der Waals surface area contributed by atoms with E-state index in [1.807, 2.05) is 0 Å². The fourth-order valence-corrected chi connectivity index (χ4v) is 3.10. The third kappa shape index (κ3) is 4.48. The molecule has 30 heavy (non-hydrogen) atoms. The summed E-state index contributed by atoms with van der Waals surface area (Å²) in [6.45, 7) is 1.48. The number of primary amides is 1. The lowest BCUT2D eigenvalue weighted by atomic mass is 9.89. The second kappa shape index (κ2) is 7.97. The molecule has 0 saturated heterocycles. The van der Waals surface area contributed by atoms with Gasteiger partial charge in [0.05, 0.1) is 17.9 Å². The van der Waals surface area contributed by atoms with E-state index < -0.39 is 36.0 Å². The van der Waals surface area contributed by atoms with Gasteiger partial charge < -0.3 is 15.3 Å². The van der Waals surface area contributed by atoms with Gasteiger partial charge >= 0.3 is 12.1 Å². The minimum absolute atomic E-state index is 0.00477. The van der Waals surface area contributed by atoms with E-state index in [-0.39, 0.29) is 34.0 Å². The Morgan fingerprint density at radius 2 is 1.87 bits per heavy atom. The molecule has 156 valence electrons. The number of carbonyl (C=O) groups is 2. The van der Waals surface area contributed by atoms with Crippen LogP contribution in [0.5, 0.6) is 0 Å². The molecule has 0 fully saturated rings. The first kappa shape index (κ1) is 21.0. The van der Waals surface area contributed by atoms with Crippen molar-refractivity contribution < 1.29 is 32.3 Å². The number of carbonyl (C=O) groups excluding carboxylic acids is 1. The van der Waals surface area contributed by atoms with Gasteiger partial charge in [0.25, 0.3) is 0 Å². The van der Waals surface area contributed by atoms with E-state index in [2.05, 4.69) is 10.2 Å². The van der Waals surface area contributed by atoms with E-state index in [1.165, 1.54) is 31.2 Å². The van der Waals surface area contributed by atoms with Crippen molar-refractivity contribution in [3.63, 3.8) is 0 Å². The highest BCUT2D eigenvalue weighted by molar-refractivity contribution is 5.99. The van der Waals surface area contributed by atoms with Gasteiger partial charge in [-0.15, -0.1) is 10.2 Å². The summed E-state index contributed by atoms with van der Waals surface area (Å²) < 4.78 is 46.1. The van der Waals surface area contributed by atoms with Gasteiger partial charge in [-0.2, -0.15) is 13.2 Å². The fraction of sp³-hybridized carbons (Fsp3) is 0.200. The van der Waals surface area contributed by atoms with Crippen molar-refractivity contribution in [1.29, 1.82) is 0 Å². The zero-order valence-electron chi connectivity index (χ0n) is 15.6. The van der Waals surface area contributed by atoms with Crippen molar-refractivity contribution in [3.8, 4) is 11.1 Å². The smallest absolute Gasteiger partial charge is 0.416 e. The number of hydrogen-bond donors (Lipinski definition) is 2. The molecule has 0 aliphatic heterocycles. The number of aromatic nitrogens is 2. The monoisotopic (exact) mass is 419 g/mol. The number of aryl methyl sites for hydroxylation is 1. The SMILES string of the molecule is Cc1nnc(C(CC(=O)O)c2cc(-c3ccccc3C(N)=O)cc(C(F)(F)F)c2)o1. The number of nitrogens with two attached hydrogens (primary N) is 1. The van der Waals surface area contributed by atoms with Crippen molar-refractivity contribution in [2.75, 3.05) is 0 Å². The zero-order valence-corrected chi connectivity index (χ0v) is 15.6. The lowest BCUT2D eigenvalue weighted by molar-refractivity contribution is -0.138. The molecule has 1 unspecified atom stereocenters. The Kier molecular flexibility index (Phi) is 5.59. The molecule has 0 aliphatic carbocycles. The van der Waals surface area contributed by atoms with E-state index >= 15 is 0 Å². The van der Waals surface area contributed by atoms with Crippen molar-refractivity contribution in [2.24, 2.45) is 5.73 Å². The van der Waals surface area contributed by atoms with E-state index in [1.54, 1.807) is 6.07 Å². The van der Waals surface area contributed by atoms with Crippen molar-refractivity contribution >= 4 is 11.9 Å². The number of carboxylic acid groups (broad SMARTS) is 1. The minimum Gasteiger partial charge on any atom is -0.481 e. The molecule has 1 heterocycles. The van der Waals surface area contributed by atoms with Crippen molar-refractivity contribution in [2.45, 2.75) is 25.4 Å². The van der Waals surface area contributed by atoms with Gasteiger partial charge in [-0.05, 0) is 34.9 Å². The van der Waals surface area contributed by atoms with Gasteiger partial charge in [0.15, 0.2) is 0 Å². The maximum atomic E-state index is 13.6. The summed E-state index contributed by atoms with van der Waals surface area (Å²) in [7, 11) is 0. The Labute approximate surface area is 168 Å². The van der Waals surface area contributed by atoms with Gasteiger partial charge in [-0.3, -0.25) is 9.59 Å². The van der Waals surface area contributed by atoms with E-state index in [0.717, 1.165) is 12.1 Å². The number of amides is 1. The number of benzene rings is 2. The number of nitrogens with zero attached hydrogens (tertiary/aromatic N) is 2. The first-order valence-electron chi connectivity index (χ1n) is 8.69. The van der Waals surface area contributed by atoms with Gasteiger partial charge in [0.1, 0.15) is 0 Å². The minimum atomic E-state index is -4.72. The highest BCUT2D eigenvalue weighted by atomic mass is 19.4. The van der Waals surface area contributed by atoms with Crippen LogP contribution in [0.1, 0.15) is 45.6 Å². The molecule has 7 nitrogen and oxygen atoms in total. The summed E-state index contributed by atoms with van der Waals surface area (Å²) in [6, 6.07) is 9.02. The molecule has 0 aliphatic rings. The highest BCUT2D eigenvalue weighted by Gasteiger charge is 2.33. The summed E-state index contributed by atoms with van der Waals surface area (Å²) in [5.74, 6) is -3.16. The van der Waals surface area contributed by atoms with Crippen LogP contribution in [-0.2, 0) is 11.0 Å². The van der Waals surface area contributed by atoms with Crippen molar-refractivity contribution in [3.05, 3.63) is 70.9 Å². The van der Waals surface area contributed by atoms with E-state index in [4.69, 9.17) is 10.2 Å². The Hall–Kier alpha value is -3.69. The molecule has 1 amide bonds. The number of halogens is 3. The highest BCUT2D eigenvalue weighted by Crippen LogP contribution is 2.38. The average molecular weight is 419 g/mol. The van der Waals surface area contributed by atoms with Gasteiger partial charge in [0, 0.05) is 12.5 Å². The first-order chi connectivity index (χ1) is 14.1. The average Bonchev–Trinajstić information content (AvgIpc) is 3.11. The van der Waals surface area contributed by atoms with E-state index in [9.17, 15) is 27.9 Å². The topological polar surface area (TPSA) is 119 Å². The first-order valence-corrected chi connectivity index (χ1v) is 8.69. The normalized spacial score (nSPS) is 12.5. The molecule has 0 bridgehead atoms. The number of alkyl halides is 3. The Morgan fingerprint density at radius 1 is 1.17 bits per heavy atom. The standard InChI is InChI=1S/C20H16F3N3O4/c1-10-25-26-19(30-10)16(9-17(27)28)12-6-11(7-13(8-12)20(21,22)23)14-4-2-3-5-15(14)18(24)29/h2-8,16H,9H2,1H3,(H2,24,29)(H,27,28). The summed E-state index contributed by atoms with van der Waals surface area (Å²) in [5.41, 5.74) is 4.63. The quantitative estimate of drug-likeness (QED) is 0.628. The van der Waals surface area contributed by atoms with Gasteiger partial charge in [0.2, 0.25) is 17.7 Å². The Morgan fingerprint density at radius 3 is 2.43 bits per heavy atom. The van der Waals surface area contributed by atoms with Gasteiger partial charge in [-0.25, -0.2) is 0 Å². The predicted molar refractivity (Wildman–Crippen MR) is 98.5 cm³/mol. The molecule has 1 aromatic heterocycles. The molecule has 0 saturated carbocycles. The van der Waals surface area contributed by atoms with Crippen LogP contribution in [0.25, 0.3) is 11.1 Å². The maximum absolute atomic E-state index is 13.6. The second-order valence-electron chi connectivity index (χ2n) is 6.56. The van der Waals surface area contributed by atoms with Crippen LogP contribution in [-0.4, -0.2) is 27.2 Å². The Balaban J connectivity index is 2.25. The zero-order chi connectivity index (χ0) is 22.1. The van der Waals surface area contributed by atoms with E-state index in [0.29, 0.717) is 0 Å². The molecular weight excluding hydrogens is 403 g/mol. The lowest BCUT2D eigenvalue weighted by Gasteiger charge is -2.17. The number of aliphatic carboxylic acids is 1. The molecular formula is C20H16F3N3O4. The number of carboxylic acids is 1. The molecule has 2 aromatic carbocycles. The third-order valence-electron chi connectivity index (χ3n) is 4.41. The molecule has 1 atom stereocenters. The van der Waals surface area contributed by atoms with Crippen LogP contribution in [0.3, 0.4) is 0 Å². The van der Waals surface area contributed by atoms with Crippen molar-refractivity contribution in [1.82, 2.24) is 10.2 Å². The summed E-state index contributed by atoms with van der Waals surface area (Å²) in [4.78, 5) is 23.1. The maximum Gasteiger partial charge on any atom is 0.416 e. The van der Waals surface area contributed by atoms with Crippen LogP contribution in [0, 0.1) is 6.92 Å². The molecule has 3 N–H and O–H groups in total. The summed E-state index contributed by atoms with van der Waals surface area (Å²) >= 11 is 0. The largest absolute Gasteiger partial charge is 0.481 e.